The summed E-state index contributed by atoms with van der Waals surface area (Å²) in [6, 6.07) is 2.03. The maximum atomic E-state index is 9.28. The van der Waals surface area contributed by atoms with Crippen LogP contribution < -0.4 is 5.32 Å². The van der Waals surface area contributed by atoms with Gasteiger partial charge in [-0.25, -0.2) is 0 Å². The molecule has 0 aliphatic heterocycles. The molecule has 5 heteroatoms. The van der Waals surface area contributed by atoms with Gasteiger partial charge in [-0.2, -0.15) is 0 Å². The molecule has 0 spiro atoms. The highest BCUT2D eigenvalue weighted by atomic mass is 79.9. The van der Waals surface area contributed by atoms with E-state index in [4.69, 9.17) is 11.6 Å². The Labute approximate surface area is 107 Å². The molecule has 1 aromatic rings. The molecule has 0 atom stereocenters. The van der Waals surface area contributed by atoms with Crippen LogP contribution in [0, 0.1) is 0 Å². The lowest BCUT2D eigenvalue weighted by Gasteiger charge is -2.41. The molecule has 84 valence electrons. The van der Waals surface area contributed by atoms with E-state index in [-0.39, 0.29) is 12.1 Å². The van der Waals surface area contributed by atoms with Crippen molar-refractivity contribution in [3.63, 3.8) is 0 Å². The molecule has 15 heavy (non-hydrogen) atoms. The smallest absolute Gasteiger partial charge is 0.107 e. The normalized spacial score (nSPS) is 18.9. The fourth-order valence-electron chi connectivity index (χ4n) is 1.75. The summed E-state index contributed by atoms with van der Waals surface area (Å²) in [6.07, 6.45) is 3.36. The predicted molar refractivity (Wildman–Crippen MR) is 67.5 cm³/mol. The van der Waals surface area contributed by atoms with Crippen molar-refractivity contribution in [2.24, 2.45) is 0 Å². The molecule has 1 aliphatic rings. The highest BCUT2D eigenvalue weighted by Gasteiger charge is 2.35. The molecule has 1 aromatic heterocycles. The fourth-order valence-corrected chi connectivity index (χ4v) is 3.48. The molecule has 1 heterocycles. The Morgan fingerprint density at radius 3 is 2.73 bits per heavy atom. The third-order valence-corrected chi connectivity index (χ3v) is 5.42. The van der Waals surface area contributed by atoms with Crippen LogP contribution in [0.15, 0.2) is 10.5 Å². The van der Waals surface area contributed by atoms with Gasteiger partial charge >= 0.3 is 0 Å². The third kappa shape index (κ3) is 2.56. The first-order valence-electron chi connectivity index (χ1n) is 4.95. The molecule has 0 amide bonds. The molecule has 2 N–H and O–H groups in total. The molecule has 1 saturated carbocycles. The van der Waals surface area contributed by atoms with Gasteiger partial charge in [-0.3, -0.25) is 0 Å². The quantitative estimate of drug-likeness (QED) is 0.895. The maximum absolute atomic E-state index is 9.28. The van der Waals surface area contributed by atoms with Gasteiger partial charge in [0.1, 0.15) is 4.34 Å². The molecule has 2 nitrogen and oxygen atoms in total. The van der Waals surface area contributed by atoms with Crippen LogP contribution in [0.4, 0.5) is 0 Å². The Morgan fingerprint density at radius 1 is 1.60 bits per heavy atom. The Morgan fingerprint density at radius 2 is 2.33 bits per heavy atom. The zero-order valence-electron chi connectivity index (χ0n) is 8.22. The van der Waals surface area contributed by atoms with Gasteiger partial charge in [-0.05, 0) is 41.3 Å². The van der Waals surface area contributed by atoms with Crippen LogP contribution in [0.3, 0.4) is 0 Å². The van der Waals surface area contributed by atoms with Crippen LogP contribution in [0.25, 0.3) is 0 Å². The lowest BCUT2D eigenvalue weighted by Crippen LogP contribution is -2.53. The van der Waals surface area contributed by atoms with Gasteiger partial charge in [0.25, 0.3) is 0 Å². The van der Waals surface area contributed by atoms with Gasteiger partial charge in [-0.15, -0.1) is 11.3 Å². The maximum Gasteiger partial charge on any atom is 0.107 e. The summed E-state index contributed by atoms with van der Waals surface area (Å²) in [5.41, 5.74) is -0.0249. The Kier molecular flexibility index (Phi) is 3.73. The summed E-state index contributed by atoms with van der Waals surface area (Å²) in [6.45, 7) is 1.02. The van der Waals surface area contributed by atoms with Crippen LogP contribution in [0.2, 0.25) is 4.34 Å². The SMILES string of the molecule is OCC1(NCc2cc(Br)c(Cl)s2)CCC1. The second-order valence-corrected chi connectivity index (χ2v) is 6.57. The topological polar surface area (TPSA) is 32.3 Å². The Hall–Kier alpha value is 0.390. The molecular weight excluding hydrogens is 298 g/mol. The van der Waals surface area contributed by atoms with Crippen molar-refractivity contribution in [2.75, 3.05) is 6.61 Å². The van der Waals surface area contributed by atoms with E-state index in [1.54, 1.807) is 11.3 Å². The summed E-state index contributed by atoms with van der Waals surface area (Å²) < 4.78 is 1.75. The van der Waals surface area contributed by atoms with E-state index in [1.807, 2.05) is 6.07 Å². The second kappa shape index (κ2) is 4.72. The van der Waals surface area contributed by atoms with Gasteiger partial charge in [0, 0.05) is 21.4 Å². The summed E-state index contributed by atoms with van der Waals surface area (Å²) >= 11 is 10.9. The molecule has 0 bridgehead atoms. The van der Waals surface area contributed by atoms with Gasteiger partial charge in [0.15, 0.2) is 0 Å². The zero-order valence-corrected chi connectivity index (χ0v) is 11.4. The van der Waals surface area contributed by atoms with Crippen LogP contribution in [-0.2, 0) is 6.54 Å². The van der Waals surface area contributed by atoms with E-state index < -0.39 is 0 Å². The van der Waals surface area contributed by atoms with Crippen molar-refractivity contribution >= 4 is 38.9 Å². The first kappa shape index (κ1) is 11.9. The van der Waals surface area contributed by atoms with Crippen molar-refractivity contribution in [1.82, 2.24) is 5.32 Å². The van der Waals surface area contributed by atoms with Crippen LogP contribution >= 0.6 is 38.9 Å². The number of aliphatic hydroxyl groups excluding tert-OH is 1. The first-order chi connectivity index (χ1) is 7.15. The van der Waals surface area contributed by atoms with Crippen molar-refractivity contribution in [3.05, 3.63) is 19.8 Å². The largest absolute Gasteiger partial charge is 0.394 e. The second-order valence-electron chi connectivity index (χ2n) is 3.98. The highest BCUT2D eigenvalue weighted by Crippen LogP contribution is 2.34. The summed E-state index contributed by atoms with van der Waals surface area (Å²) in [4.78, 5) is 1.20. The van der Waals surface area contributed by atoms with E-state index >= 15 is 0 Å². The minimum absolute atomic E-state index is 0.0249. The van der Waals surface area contributed by atoms with E-state index in [9.17, 15) is 5.11 Å². The van der Waals surface area contributed by atoms with E-state index in [0.717, 1.165) is 28.2 Å². The molecule has 0 unspecified atom stereocenters. The lowest BCUT2D eigenvalue weighted by atomic mass is 9.77. The molecule has 2 rings (SSSR count). The van der Waals surface area contributed by atoms with Crippen LogP contribution in [-0.4, -0.2) is 17.3 Å². The van der Waals surface area contributed by atoms with Crippen molar-refractivity contribution in [1.29, 1.82) is 0 Å². The first-order valence-corrected chi connectivity index (χ1v) is 6.94. The van der Waals surface area contributed by atoms with Gasteiger partial charge in [-0.1, -0.05) is 11.6 Å². The van der Waals surface area contributed by atoms with E-state index in [1.165, 1.54) is 11.3 Å². The van der Waals surface area contributed by atoms with Gasteiger partial charge in [0.2, 0.25) is 0 Å². The standard InChI is InChI=1S/C10H13BrClNOS/c11-8-4-7(15-9(8)12)5-13-10(6-14)2-1-3-10/h4,13-14H,1-3,5-6H2. The number of nitrogens with one attached hydrogen (secondary N) is 1. The van der Waals surface area contributed by atoms with E-state index in [2.05, 4.69) is 21.2 Å². The van der Waals surface area contributed by atoms with Crippen molar-refractivity contribution < 1.29 is 5.11 Å². The fraction of sp³-hybridized carbons (Fsp3) is 0.600. The molecular formula is C10H13BrClNOS. The van der Waals surface area contributed by atoms with Crippen LogP contribution in [0.1, 0.15) is 24.1 Å². The molecule has 1 fully saturated rings. The summed E-state index contributed by atoms with van der Waals surface area (Å²) in [7, 11) is 0. The number of aliphatic hydroxyl groups is 1. The Bertz CT molecular complexity index is 326. The van der Waals surface area contributed by atoms with Crippen LogP contribution in [0.5, 0.6) is 0 Å². The van der Waals surface area contributed by atoms with Crippen molar-refractivity contribution in [3.8, 4) is 0 Å². The zero-order chi connectivity index (χ0) is 10.9. The Balaban J connectivity index is 1.92. The molecule has 1 aliphatic carbocycles. The summed E-state index contributed by atoms with van der Waals surface area (Å²) in [5, 5.41) is 12.7. The number of halogens is 2. The third-order valence-electron chi connectivity index (χ3n) is 2.95. The van der Waals surface area contributed by atoms with Crippen molar-refractivity contribution in [2.45, 2.75) is 31.3 Å². The average molecular weight is 311 g/mol. The van der Waals surface area contributed by atoms with Gasteiger partial charge in [0.05, 0.1) is 6.61 Å². The van der Waals surface area contributed by atoms with Gasteiger partial charge < -0.3 is 10.4 Å². The molecule has 0 radical (unpaired) electrons. The molecule has 0 saturated heterocycles. The minimum Gasteiger partial charge on any atom is -0.394 e. The predicted octanol–water partition coefficient (Wildman–Crippen LogP) is 3.17. The molecule has 0 aromatic carbocycles. The average Bonchev–Trinajstić information content (AvgIpc) is 2.45. The number of rotatable bonds is 4. The number of hydrogen-bond donors (Lipinski definition) is 2. The lowest BCUT2D eigenvalue weighted by molar-refractivity contribution is 0.0875. The highest BCUT2D eigenvalue weighted by molar-refractivity contribution is 9.10. The monoisotopic (exact) mass is 309 g/mol. The minimum atomic E-state index is -0.0249. The summed E-state index contributed by atoms with van der Waals surface area (Å²) in [5.74, 6) is 0. The number of thiophene rings is 1. The van der Waals surface area contributed by atoms with E-state index in [0.29, 0.717) is 0 Å². The number of hydrogen-bond acceptors (Lipinski definition) is 3.